The van der Waals surface area contributed by atoms with Crippen molar-refractivity contribution in [3.05, 3.63) is 29.8 Å². The van der Waals surface area contributed by atoms with Crippen LogP contribution in [0.3, 0.4) is 0 Å². The van der Waals surface area contributed by atoms with Gasteiger partial charge in [-0.3, -0.25) is 0 Å². The van der Waals surface area contributed by atoms with E-state index in [9.17, 15) is 8.42 Å². The van der Waals surface area contributed by atoms with Crippen LogP contribution >= 0.6 is 0 Å². The van der Waals surface area contributed by atoms with E-state index in [2.05, 4.69) is 17.0 Å². The zero-order chi connectivity index (χ0) is 15.1. The van der Waals surface area contributed by atoms with Crippen molar-refractivity contribution in [1.29, 1.82) is 0 Å². The van der Waals surface area contributed by atoms with Gasteiger partial charge in [-0.2, -0.15) is 0 Å². The molecule has 0 aromatic heterocycles. The first-order chi connectivity index (χ1) is 10.1. The first-order valence-electron chi connectivity index (χ1n) is 7.94. The SMILES string of the molecule is CCCCCCNS(=O)(=O)c1cccc(CNC2CC2)c1. The summed E-state index contributed by atoms with van der Waals surface area (Å²) in [5.74, 6) is 0. The first kappa shape index (κ1) is 16.5. The summed E-state index contributed by atoms with van der Waals surface area (Å²) in [5, 5.41) is 3.40. The highest BCUT2D eigenvalue weighted by molar-refractivity contribution is 7.89. The maximum atomic E-state index is 12.2. The second-order valence-electron chi connectivity index (χ2n) is 5.76. The number of nitrogens with one attached hydrogen (secondary N) is 2. The highest BCUT2D eigenvalue weighted by atomic mass is 32.2. The Labute approximate surface area is 128 Å². The lowest BCUT2D eigenvalue weighted by molar-refractivity contribution is 0.573. The topological polar surface area (TPSA) is 58.2 Å². The Morgan fingerprint density at radius 1 is 1.19 bits per heavy atom. The van der Waals surface area contributed by atoms with Gasteiger partial charge in [-0.15, -0.1) is 0 Å². The van der Waals surface area contributed by atoms with E-state index in [1.54, 1.807) is 12.1 Å². The average Bonchev–Trinajstić information content (AvgIpc) is 3.29. The predicted molar refractivity (Wildman–Crippen MR) is 85.6 cm³/mol. The zero-order valence-corrected chi connectivity index (χ0v) is 13.6. The van der Waals surface area contributed by atoms with Gasteiger partial charge in [0.15, 0.2) is 0 Å². The van der Waals surface area contributed by atoms with Crippen LogP contribution < -0.4 is 10.0 Å². The van der Waals surface area contributed by atoms with Crippen molar-refractivity contribution >= 4 is 10.0 Å². The Bertz CT molecular complexity index is 539. The molecule has 1 aromatic carbocycles. The van der Waals surface area contributed by atoms with Gasteiger partial charge in [-0.05, 0) is 37.0 Å². The van der Waals surface area contributed by atoms with Crippen LogP contribution in [0.15, 0.2) is 29.2 Å². The summed E-state index contributed by atoms with van der Waals surface area (Å²) in [4.78, 5) is 0.369. The fourth-order valence-electron chi connectivity index (χ4n) is 2.21. The largest absolute Gasteiger partial charge is 0.310 e. The lowest BCUT2D eigenvalue weighted by Gasteiger charge is -2.09. The smallest absolute Gasteiger partial charge is 0.240 e. The van der Waals surface area contributed by atoms with Crippen molar-refractivity contribution in [2.24, 2.45) is 0 Å². The van der Waals surface area contributed by atoms with Gasteiger partial charge in [-0.25, -0.2) is 13.1 Å². The maximum absolute atomic E-state index is 12.2. The summed E-state index contributed by atoms with van der Waals surface area (Å²) >= 11 is 0. The normalized spacial score (nSPS) is 15.3. The Kier molecular flexibility index (Phi) is 6.21. The minimum absolute atomic E-state index is 0.369. The van der Waals surface area contributed by atoms with Crippen molar-refractivity contribution in [2.45, 2.75) is 62.9 Å². The highest BCUT2D eigenvalue weighted by Crippen LogP contribution is 2.20. The van der Waals surface area contributed by atoms with E-state index in [1.807, 2.05) is 12.1 Å². The van der Waals surface area contributed by atoms with E-state index < -0.39 is 10.0 Å². The molecule has 0 spiro atoms. The molecule has 1 aliphatic carbocycles. The van der Waals surface area contributed by atoms with E-state index in [1.165, 1.54) is 12.8 Å². The van der Waals surface area contributed by atoms with Crippen molar-refractivity contribution in [2.75, 3.05) is 6.54 Å². The third kappa shape index (κ3) is 5.77. The molecule has 1 saturated carbocycles. The fourth-order valence-corrected chi connectivity index (χ4v) is 3.36. The van der Waals surface area contributed by atoms with E-state index in [0.29, 0.717) is 17.5 Å². The molecule has 0 amide bonds. The predicted octanol–water partition coefficient (Wildman–Crippen LogP) is 2.80. The van der Waals surface area contributed by atoms with Gasteiger partial charge in [0.25, 0.3) is 0 Å². The van der Waals surface area contributed by atoms with Crippen molar-refractivity contribution in [3.8, 4) is 0 Å². The van der Waals surface area contributed by atoms with Gasteiger partial charge >= 0.3 is 0 Å². The first-order valence-corrected chi connectivity index (χ1v) is 9.42. The minimum Gasteiger partial charge on any atom is -0.310 e. The molecular formula is C16H26N2O2S. The van der Waals surface area contributed by atoms with Crippen LogP contribution in [0.2, 0.25) is 0 Å². The molecule has 2 rings (SSSR count). The summed E-state index contributed by atoms with van der Waals surface area (Å²) < 4.78 is 27.2. The van der Waals surface area contributed by atoms with Crippen LogP contribution in [0.4, 0.5) is 0 Å². The van der Waals surface area contributed by atoms with Gasteiger partial charge < -0.3 is 5.32 Å². The number of benzene rings is 1. The zero-order valence-electron chi connectivity index (χ0n) is 12.8. The molecule has 0 bridgehead atoms. The molecule has 118 valence electrons. The fraction of sp³-hybridized carbons (Fsp3) is 0.625. The molecule has 4 nitrogen and oxygen atoms in total. The molecule has 1 aromatic rings. The van der Waals surface area contributed by atoms with Crippen LogP contribution in [0.1, 0.15) is 51.0 Å². The van der Waals surface area contributed by atoms with Gasteiger partial charge in [0, 0.05) is 19.1 Å². The van der Waals surface area contributed by atoms with Crippen molar-refractivity contribution in [3.63, 3.8) is 0 Å². The molecule has 1 fully saturated rings. The third-order valence-corrected chi connectivity index (χ3v) is 5.16. The minimum atomic E-state index is -3.37. The summed E-state index contributed by atoms with van der Waals surface area (Å²) in [5.41, 5.74) is 1.02. The van der Waals surface area contributed by atoms with Crippen molar-refractivity contribution < 1.29 is 8.42 Å². The van der Waals surface area contributed by atoms with Crippen molar-refractivity contribution in [1.82, 2.24) is 10.0 Å². The molecule has 21 heavy (non-hydrogen) atoms. The van der Waals surface area contributed by atoms with Gasteiger partial charge in [0.1, 0.15) is 0 Å². The molecule has 1 aliphatic rings. The number of rotatable bonds is 10. The molecule has 2 N–H and O–H groups in total. The van der Waals surface area contributed by atoms with Gasteiger partial charge in [0.2, 0.25) is 10.0 Å². The quantitative estimate of drug-likeness (QED) is 0.653. The Hall–Kier alpha value is -0.910. The Balaban J connectivity index is 1.87. The molecule has 0 heterocycles. The summed E-state index contributed by atoms with van der Waals surface area (Å²) in [7, 11) is -3.37. The second kappa shape index (κ2) is 7.92. The van der Waals surface area contributed by atoms with Crippen LogP contribution in [-0.4, -0.2) is 21.0 Å². The molecular weight excluding hydrogens is 284 g/mol. The lowest BCUT2D eigenvalue weighted by atomic mass is 10.2. The van der Waals surface area contributed by atoms with Crippen LogP contribution in [0.25, 0.3) is 0 Å². The number of hydrogen-bond donors (Lipinski definition) is 2. The van der Waals surface area contributed by atoms with Crippen LogP contribution in [0.5, 0.6) is 0 Å². The average molecular weight is 310 g/mol. The summed E-state index contributed by atoms with van der Waals surface area (Å²) in [6.45, 7) is 3.41. The maximum Gasteiger partial charge on any atom is 0.240 e. The van der Waals surface area contributed by atoms with Gasteiger partial charge in [0.05, 0.1) is 4.90 Å². The number of sulfonamides is 1. The summed E-state index contributed by atoms with van der Waals surface area (Å²) in [6.07, 6.45) is 6.75. The lowest BCUT2D eigenvalue weighted by Crippen LogP contribution is -2.25. The molecule has 0 aliphatic heterocycles. The van der Waals surface area contributed by atoms with E-state index in [-0.39, 0.29) is 0 Å². The third-order valence-electron chi connectivity index (χ3n) is 3.70. The number of unbranched alkanes of at least 4 members (excludes halogenated alkanes) is 3. The number of hydrogen-bond acceptors (Lipinski definition) is 3. The monoisotopic (exact) mass is 310 g/mol. The van der Waals surface area contributed by atoms with E-state index in [4.69, 9.17) is 0 Å². The molecule has 0 unspecified atom stereocenters. The molecule has 0 atom stereocenters. The standard InChI is InChI=1S/C16H26N2O2S/c1-2-3-4-5-11-18-21(19,20)16-8-6-7-14(12-16)13-17-15-9-10-15/h6-8,12,15,17-18H,2-5,9-11,13H2,1H3. The van der Waals surface area contributed by atoms with Crippen LogP contribution in [0, 0.1) is 0 Å². The Morgan fingerprint density at radius 2 is 2.00 bits per heavy atom. The van der Waals surface area contributed by atoms with Crippen LogP contribution in [-0.2, 0) is 16.6 Å². The van der Waals surface area contributed by atoms with E-state index in [0.717, 1.165) is 37.8 Å². The van der Waals surface area contributed by atoms with E-state index >= 15 is 0 Å². The second-order valence-corrected chi connectivity index (χ2v) is 7.53. The summed E-state index contributed by atoms with van der Waals surface area (Å²) in [6, 6.07) is 7.84. The Morgan fingerprint density at radius 3 is 2.71 bits per heavy atom. The molecule has 5 heteroatoms. The van der Waals surface area contributed by atoms with Gasteiger partial charge in [-0.1, -0.05) is 38.3 Å². The highest BCUT2D eigenvalue weighted by Gasteiger charge is 2.20. The molecule has 0 saturated heterocycles. The molecule has 0 radical (unpaired) electrons.